The molecular formula is C11H14F3N3O2. The predicted molar refractivity (Wildman–Crippen MR) is 64.3 cm³/mol. The number of halogens is 3. The van der Waals surface area contributed by atoms with E-state index in [-0.39, 0.29) is 23.8 Å². The summed E-state index contributed by atoms with van der Waals surface area (Å²) in [5.74, 6) is -2.16. The minimum absolute atomic E-state index is 0.00966. The van der Waals surface area contributed by atoms with Crippen LogP contribution < -0.4 is 21.5 Å². The van der Waals surface area contributed by atoms with Gasteiger partial charge in [-0.3, -0.25) is 4.79 Å². The lowest BCUT2D eigenvalue weighted by molar-refractivity contribution is -0.118. The van der Waals surface area contributed by atoms with E-state index in [2.05, 4.69) is 10.1 Å². The molecule has 0 aliphatic carbocycles. The number of anilines is 2. The lowest BCUT2D eigenvalue weighted by Gasteiger charge is -2.17. The number of carbonyl (C=O) groups is 1. The second kappa shape index (κ2) is 6.17. The lowest BCUT2D eigenvalue weighted by atomic mass is 10.2. The molecule has 0 aromatic heterocycles. The Bertz CT molecular complexity index is 469. The number of amides is 1. The second-order valence-electron chi connectivity index (χ2n) is 3.96. The van der Waals surface area contributed by atoms with Crippen molar-refractivity contribution in [3.63, 3.8) is 0 Å². The van der Waals surface area contributed by atoms with Crippen molar-refractivity contribution in [1.82, 2.24) is 0 Å². The van der Waals surface area contributed by atoms with Crippen molar-refractivity contribution < 1.29 is 22.7 Å². The third-order valence-corrected chi connectivity index (χ3v) is 2.23. The van der Waals surface area contributed by atoms with Crippen LogP contribution >= 0.6 is 0 Å². The molecule has 0 radical (unpaired) electrons. The maximum Gasteiger partial charge on any atom is 0.387 e. The number of ether oxygens (including phenoxy) is 1. The van der Waals surface area contributed by atoms with Crippen LogP contribution in [0.5, 0.6) is 5.75 Å². The van der Waals surface area contributed by atoms with Gasteiger partial charge in [0.2, 0.25) is 5.91 Å². The van der Waals surface area contributed by atoms with Crippen LogP contribution in [0.4, 0.5) is 24.5 Å². The summed E-state index contributed by atoms with van der Waals surface area (Å²) in [7, 11) is 0. The highest BCUT2D eigenvalue weighted by Gasteiger charge is 2.15. The number of hydrogen-bond donors (Lipinski definition) is 3. The molecule has 5 N–H and O–H groups in total. The zero-order chi connectivity index (χ0) is 14.6. The van der Waals surface area contributed by atoms with Crippen molar-refractivity contribution in [2.45, 2.75) is 26.0 Å². The van der Waals surface area contributed by atoms with Gasteiger partial charge in [0.1, 0.15) is 0 Å². The first-order valence-corrected chi connectivity index (χ1v) is 5.38. The number of hydrogen-bond acceptors (Lipinski definition) is 4. The van der Waals surface area contributed by atoms with Crippen molar-refractivity contribution in [2.75, 3.05) is 11.1 Å². The molecule has 0 bridgehead atoms. The Balaban J connectivity index is 2.91. The zero-order valence-electron chi connectivity index (χ0n) is 10.1. The fraction of sp³-hybridized carbons (Fsp3) is 0.364. The Morgan fingerprint density at radius 3 is 2.63 bits per heavy atom. The van der Waals surface area contributed by atoms with E-state index in [0.29, 0.717) is 0 Å². The van der Waals surface area contributed by atoms with Gasteiger partial charge >= 0.3 is 6.61 Å². The van der Waals surface area contributed by atoms with Gasteiger partial charge in [-0.05, 0) is 6.92 Å². The van der Waals surface area contributed by atoms with Gasteiger partial charge < -0.3 is 21.5 Å². The van der Waals surface area contributed by atoms with Gasteiger partial charge in [-0.15, -0.1) is 0 Å². The molecule has 1 aromatic carbocycles. The minimum atomic E-state index is -3.14. The van der Waals surface area contributed by atoms with Gasteiger partial charge in [-0.1, -0.05) is 0 Å². The normalized spacial score (nSPS) is 12.3. The summed E-state index contributed by atoms with van der Waals surface area (Å²) in [4.78, 5) is 10.7. The van der Waals surface area contributed by atoms with Crippen molar-refractivity contribution >= 4 is 17.3 Å². The van der Waals surface area contributed by atoms with Gasteiger partial charge in [0, 0.05) is 24.6 Å². The largest absolute Gasteiger partial charge is 0.432 e. The number of nitrogens with two attached hydrogens (primary N) is 2. The van der Waals surface area contributed by atoms with Crippen LogP contribution in [-0.4, -0.2) is 18.6 Å². The first kappa shape index (κ1) is 14.9. The van der Waals surface area contributed by atoms with Crippen LogP contribution in [0, 0.1) is 5.82 Å². The van der Waals surface area contributed by atoms with E-state index in [1.54, 1.807) is 6.92 Å². The van der Waals surface area contributed by atoms with Gasteiger partial charge in [-0.25, -0.2) is 4.39 Å². The summed E-state index contributed by atoms with van der Waals surface area (Å²) < 4.78 is 41.4. The predicted octanol–water partition coefficient (Wildman–Crippen LogP) is 1.69. The number of benzene rings is 1. The topological polar surface area (TPSA) is 90.4 Å². The molecule has 1 aromatic rings. The summed E-state index contributed by atoms with van der Waals surface area (Å²) >= 11 is 0. The molecule has 8 heteroatoms. The Labute approximate surface area is 107 Å². The molecule has 19 heavy (non-hydrogen) atoms. The molecule has 1 atom stereocenters. The highest BCUT2D eigenvalue weighted by molar-refractivity contribution is 5.76. The molecule has 1 rings (SSSR count). The van der Waals surface area contributed by atoms with E-state index in [1.807, 2.05) is 0 Å². The molecule has 1 amide bonds. The molecule has 0 aliphatic rings. The van der Waals surface area contributed by atoms with E-state index in [9.17, 15) is 18.0 Å². The SMILES string of the molecule is CC(CC(N)=O)Nc1cc(OC(F)F)c(F)cc1N. The second-order valence-corrected chi connectivity index (χ2v) is 3.96. The smallest absolute Gasteiger partial charge is 0.387 e. The van der Waals surface area contributed by atoms with Crippen LogP contribution in [0.1, 0.15) is 13.3 Å². The summed E-state index contributed by atoms with van der Waals surface area (Å²) in [5.41, 5.74) is 10.7. The number of nitrogen functional groups attached to an aromatic ring is 1. The first-order valence-electron chi connectivity index (χ1n) is 5.38. The third kappa shape index (κ3) is 4.57. The third-order valence-electron chi connectivity index (χ3n) is 2.23. The van der Waals surface area contributed by atoms with Gasteiger partial charge in [0.25, 0.3) is 0 Å². The summed E-state index contributed by atoms with van der Waals surface area (Å²) in [6.45, 7) is -1.50. The molecule has 0 saturated heterocycles. The monoisotopic (exact) mass is 277 g/mol. The molecule has 0 saturated carbocycles. The van der Waals surface area contributed by atoms with E-state index in [0.717, 1.165) is 12.1 Å². The van der Waals surface area contributed by atoms with Crippen molar-refractivity contribution in [3.05, 3.63) is 17.9 Å². The van der Waals surface area contributed by atoms with E-state index in [4.69, 9.17) is 11.5 Å². The summed E-state index contributed by atoms with van der Waals surface area (Å²) in [6.07, 6.45) is 0.0157. The lowest BCUT2D eigenvalue weighted by Crippen LogP contribution is -2.24. The zero-order valence-corrected chi connectivity index (χ0v) is 10.1. The molecule has 1 unspecified atom stereocenters. The number of rotatable bonds is 6. The molecular weight excluding hydrogens is 263 g/mol. The maximum atomic E-state index is 13.3. The van der Waals surface area contributed by atoms with Crippen molar-refractivity contribution in [2.24, 2.45) is 5.73 Å². The number of nitrogens with one attached hydrogen (secondary N) is 1. The maximum absolute atomic E-state index is 13.3. The Morgan fingerprint density at radius 1 is 1.47 bits per heavy atom. The highest BCUT2D eigenvalue weighted by atomic mass is 19.3. The Hall–Kier alpha value is -2.12. The molecule has 0 spiro atoms. The van der Waals surface area contributed by atoms with Crippen LogP contribution in [0.2, 0.25) is 0 Å². The fourth-order valence-corrected chi connectivity index (χ4v) is 1.50. The van der Waals surface area contributed by atoms with Gasteiger partial charge in [0.05, 0.1) is 11.4 Å². The van der Waals surface area contributed by atoms with Gasteiger partial charge in [0.15, 0.2) is 11.6 Å². The number of carbonyl (C=O) groups excluding carboxylic acids is 1. The van der Waals surface area contributed by atoms with Crippen molar-refractivity contribution in [3.8, 4) is 5.75 Å². The first-order chi connectivity index (χ1) is 8.79. The van der Waals surface area contributed by atoms with Crippen LogP contribution in [0.3, 0.4) is 0 Å². The molecule has 5 nitrogen and oxygen atoms in total. The van der Waals surface area contributed by atoms with Gasteiger partial charge in [-0.2, -0.15) is 8.78 Å². The molecule has 0 fully saturated rings. The Morgan fingerprint density at radius 2 is 2.11 bits per heavy atom. The van der Waals surface area contributed by atoms with E-state index < -0.39 is 24.1 Å². The number of alkyl halides is 2. The number of primary amides is 1. The average molecular weight is 277 g/mol. The molecule has 0 aliphatic heterocycles. The minimum Gasteiger partial charge on any atom is -0.432 e. The van der Waals surface area contributed by atoms with Crippen LogP contribution in [-0.2, 0) is 4.79 Å². The van der Waals surface area contributed by atoms with E-state index >= 15 is 0 Å². The van der Waals surface area contributed by atoms with Crippen molar-refractivity contribution in [1.29, 1.82) is 0 Å². The molecule has 106 valence electrons. The Kier molecular flexibility index (Phi) is 4.85. The fourth-order valence-electron chi connectivity index (χ4n) is 1.50. The molecule has 0 heterocycles. The van der Waals surface area contributed by atoms with Crippen LogP contribution in [0.15, 0.2) is 12.1 Å². The average Bonchev–Trinajstić information content (AvgIpc) is 2.23. The highest BCUT2D eigenvalue weighted by Crippen LogP contribution is 2.29. The van der Waals surface area contributed by atoms with E-state index in [1.165, 1.54) is 0 Å². The summed E-state index contributed by atoms with van der Waals surface area (Å²) in [5, 5.41) is 2.76. The van der Waals surface area contributed by atoms with Crippen LogP contribution in [0.25, 0.3) is 0 Å². The quantitative estimate of drug-likeness (QED) is 0.690. The standard InChI is InChI=1S/C11H14F3N3O2/c1-5(2-10(16)18)17-8-4-9(19-11(13)14)6(12)3-7(8)15/h3-5,11,17H,2,15H2,1H3,(H2,16,18). The summed E-state index contributed by atoms with van der Waals surface area (Å²) in [6, 6.07) is 1.48.